The van der Waals surface area contributed by atoms with E-state index in [1.165, 1.54) is 24.3 Å². The van der Waals surface area contributed by atoms with E-state index in [1.807, 2.05) is 10.6 Å². The summed E-state index contributed by atoms with van der Waals surface area (Å²) in [5, 5.41) is 20.6. The molecule has 2 heterocycles. The van der Waals surface area contributed by atoms with Gasteiger partial charge in [0.25, 0.3) is 0 Å². The second-order valence-corrected chi connectivity index (χ2v) is 8.66. The lowest BCUT2D eigenvalue weighted by molar-refractivity contribution is 0.0692. The third-order valence-electron chi connectivity index (χ3n) is 6.27. The van der Waals surface area contributed by atoms with E-state index in [9.17, 15) is 23.8 Å². The summed E-state index contributed by atoms with van der Waals surface area (Å²) in [5.74, 6) is -2.80. The van der Waals surface area contributed by atoms with Gasteiger partial charge in [0.15, 0.2) is 0 Å². The first-order valence-corrected chi connectivity index (χ1v) is 11.2. The predicted molar refractivity (Wildman–Crippen MR) is 125 cm³/mol. The second kappa shape index (κ2) is 8.74. The molecule has 1 aliphatic rings. The van der Waals surface area contributed by atoms with E-state index in [4.69, 9.17) is 16.3 Å². The summed E-state index contributed by atoms with van der Waals surface area (Å²) in [6.07, 6.45) is 1.38. The molecule has 5 rings (SSSR count). The number of nitrogens with zero attached hydrogens (tertiary/aromatic N) is 1. The second-order valence-electron chi connectivity index (χ2n) is 8.25. The maximum absolute atomic E-state index is 14.8. The molecule has 0 radical (unpaired) electrons. The van der Waals surface area contributed by atoms with E-state index >= 15 is 0 Å². The van der Waals surface area contributed by atoms with Crippen LogP contribution in [0.2, 0.25) is 5.02 Å². The molecule has 34 heavy (non-hydrogen) atoms. The van der Waals surface area contributed by atoms with Crippen molar-refractivity contribution in [2.45, 2.75) is 18.8 Å². The summed E-state index contributed by atoms with van der Waals surface area (Å²) >= 11 is 6.11. The highest BCUT2D eigenvalue weighted by Crippen LogP contribution is 2.46. The largest absolute Gasteiger partial charge is 0.507 e. The SMILES string of the molecule is O=C(O)c1ccc(-c2c(C3CCOCC3)n(-c3ccc(F)c(Cl)c3)c3cccc(O)c23)cc1F. The summed E-state index contributed by atoms with van der Waals surface area (Å²) in [6, 6.07) is 13.4. The molecule has 0 saturated carbocycles. The Morgan fingerprint density at radius 1 is 1.03 bits per heavy atom. The fraction of sp³-hybridized carbons (Fsp3) is 0.192. The minimum atomic E-state index is -1.36. The summed E-state index contributed by atoms with van der Waals surface area (Å²) in [4.78, 5) is 11.4. The van der Waals surface area contributed by atoms with Crippen LogP contribution in [0.25, 0.3) is 27.7 Å². The number of ether oxygens (including phenoxy) is 1. The highest BCUT2D eigenvalue weighted by atomic mass is 35.5. The number of hydrogen-bond acceptors (Lipinski definition) is 3. The quantitative estimate of drug-likeness (QED) is 0.346. The fourth-order valence-corrected chi connectivity index (χ4v) is 4.91. The van der Waals surface area contributed by atoms with Gasteiger partial charge in [-0.1, -0.05) is 23.7 Å². The Morgan fingerprint density at radius 2 is 1.79 bits per heavy atom. The number of aromatic carboxylic acids is 1. The number of phenols is 1. The van der Waals surface area contributed by atoms with Crippen molar-refractivity contribution in [2.75, 3.05) is 13.2 Å². The van der Waals surface area contributed by atoms with Crippen molar-refractivity contribution in [1.29, 1.82) is 0 Å². The van der Waals surface area contributed by atoms with Crippen LogP contribution in [-0.2, 0) is 4.74 Å². The van der Waals surface area contributed by atoms with Crippen LogP contribution in [-0.4, -0.2) is 34.0 Å². The Morgan fingerprint density at radius 3 is 2.47 bits per heavy atom. The van der Waals surface area contributed by atoms with Gasteiger partial charge in [0, 0.05) is 41.5 Å². The Balaban J connectivity index is 1.88. The average Bonchev–Trinajstić information content (AvgIpc) is 3.17. The summed E-state index contributed by atoms with van der Waals surface area (Å²) in [5.41, 5.74) is 2.62. The van der Waals surface area contributed by atoms with Crippen molar-refractivity contribution in [1.82, 2.24) is 4.57 Å². The number of benzene rings is 3. The third-order valence-corrected chi connectivity index (χ3v) is 6.56. The van der Waals surface area contributed by atoms with Crippen molar-refractivity contribution in [3.8, 4) is 22.6 Å². The maximum Gasteiger partial charge on any atom is 0.338 e. The first-order chi connectivity index (χ1) is 16.4. The van der Waals surface area contributed by atoms with E-state index in [2.05, 4.69) is 0 Å². The molecule has 0 spiro atoms. The van der Waals surface area contributed by atoms with Crippen molar-refractivity contribution in [2.24, 2.45) is 0 Å². The zero-order chi connectivity index (χ0) is 24.0. The Kier molecular flexibility index (Phi) is 5.75. The number of aromatic nitrogens is 1. The lowest BCUT2D eigenvalue weighted by Gasteiger charge is -2.26. The fourth-order valence-electron chi connectivity index (χ4n) is 4.74. The summed E-state index contributed by atoms with van der Waals surface area (Å²) in [7, 11) is 0. The number of halogens is 3. The van der Waals surface area contributed by atoms with E-state index in [1.54, 1.807) is 24.3 Å². The van der Waals surface area contributed by atoms with Gasteiger partial charge in [0.2, 0.25) is 0 Å². The monoisotopic (exact) mass is 483 g/mol. The lowest BCUT2D eigenvalue weighted by atomic mass is 9.89. The Hall–Kier alpha value is -3.42. The average molecular weight is 484 g/mol. The molecule has 8 heteroatoms. The van der Waals surface area contributed by atoms with Gasteiger partial charge in [-0.25, -0.2) is 13.6 Å². The minimum absolute atomic E-state index is 0.00418. The van der Waals surface area contributed by atoms with Crippen molar-refractivity contribution < 1.29 is 28.5 Å². The number of carbonyl (C=O) groups is 1. The van der Waals surface area contributed by atoms with Crippen LogP contribution >= 0.6 is 11.6 Å². The molecular formula is C26H20ClF2NO4. The third kappa shape index (κ3) is 3.71. The Bertz CT molecular complexity index is 1430. The van der Waals surface area contributed by atoms with Gasteiger partial charge in [-0.2, -0.15) is 0 Å². The normalized spacial score (nSPS) is 14.6. The molecule has 1 saturated heterocycles. The highest BCUT2D eigenvalue weighted by Gasteiger charge is 2.29. The predicted octanol–water partition coefficient (Wildman–Crippen LogP) is 6.53. The molecule has 4 aromatic rings. The first kappa shape index (κ1) is 22.4. The van der Waals surface area contributed by atoms with E-state index in [0.717, 1.165) is 5.69 Å². The molecule has 0 amide bonds. The van der Waals surface area contributed by atoms with Crippen LogP contribution in [0, 0.1) is 11.6 Å². The molecule has 0 bridgehead atoms. The summed E-state index contributed by atoms with van der Waals surface area (Å²) < 4.78 is 36.2. The molecule has 2 N–H and O–H groups in total. The van der Waals surface area contributed by atoms with Crippen LogP contribution in [0.3, 0.4) is 0 Å². The number of hydrogen-bond donors (Lipinski definition) is 2. The van der Waals surface area contributed by atoms with Gasteiger partial charge >= 0.3 is 5.97 Å². The van der Waals surface area contributed by atoms with Crippen LogP contribution in [0.1, 0.15) is 34.8 Å². The number of carboxylic acids is 1. The van der Waals surface area contributed by atoms with Gasteiger partial charge in [0.1, 0.15) is 17.4 Å². The van der Waals surface area contributed by atoms with Crippen LogP contribution < -0.4 is 0 Å². The molecular weight excluding hydrogens is 464 g/mol. The van der Waals surface area contributed by atoms with Crippen molar-refractivity contribution in [3.63, 3.8) is 0 Å². The van der Waals surface area contributed by atoms with Crippen molar-refractivity contribution in [3.05, 3.63) is 82.5 Å². The van der Waals surface area contributed by atoms with Gasteiger partial charge in [0.05, 0.1) is 16.1 Å². The smallest absolute Gasteiger partial charge is 0.338 e. The van der Waals surface area contributed by atoms with E-state index < -0.39 is 23.2 Å². The van der Waals surface area contributed by atoms with E-state index in [0.29, 0.717) is 53.8 Å². The van der Waals surface area contributed by atoms with Crippen LogP contribution in [0.15, 0.2) is 54.6 Å². The van der Waals surface area contributed by atoms with Crippen molar-refractivity contribution >= 4 is 28.5 Å². The van der Waals surface area contributed by atoms with Crippen LogP contribution in [0.4, 0.5) is 8.78 Å². The van der Waals surface area contributed by atoms with Gasteiger partial charge in [-0.15, -0.1) is 0 Å². The van der Waals surface area contributed by atoms with E-state index in [-0.39, 0.29) is 16.7 Å². The molecule has 3 aromatic carbocycles. The number of aromatic hydroxyl groups is 1. The number of phenolic OH excluding ortho intramolecular Hbond substituents is 1. The van der Waals surface area contributed by atoms with Crippen LogP contribution in [0.5, 0.6) is 5.75 Å². The zero-order valence-electron chi connectivity index (χ0n) is 17.9. The molecule has 1 fully saturated rings. The van der Waals surface area contributed by atoms with Gasteiger partial charge < -0.3 is 19.5 Å². The lowest BCUT2D eigenvalue weighted by Crippen LogP contribution is -2.17. The summed E-state index contributed by atoms with van der Waals surface area (Å²) in [6.45, 7) is 1.07. The highest BCUT2D eigenvalue weighted by molar-refractivity contribution is 6.30. The van der Waals surface area contributed by atoms with Gasteiger partial charge in [-0.05, 0) is 60.9 Å². The first-order valence-electron chi connectivity index (χ1n) is 10.8. The molecule has 174 valence electrons. The maximum atomic E-state index is 14.8. The standard InChI is InChI=1S/C26H20ClF2NO4/c27-18-13-16(5-7-19(18)28)30-21-2-1-3-22(31)24(21)23(25(30)14-8-10-34-11-9-14)15-4-6-17(26(32)33)20(29)12-15/h1-7,12-14,31H,8-11H2,(H,32,33). The Labute approximate surface area is 198 Å². The molecule has 0 aliphatic carbocycles. The number of carboxylic acid groups (broad SMARTS) is 1. The number of rotatable bonds is 4. The zero-order valence-corrected chi connectivity index (χ0v) is 18.6. The molecule has 1 aromatic heterocycles. The molecule has 1 aliphatic heterocycles. The molecule has 5 nitrogen and oxygen atoms in total. The van der Waals surface area contributed by atoms with Gasteiger partial charge in [-0.3, -0.25) is 0 Å². The molecule has 0 unspecified atom stereocenters. The molecule has 0 atom stereocenters. The topological polar surface area (TPSA) is 71.7 Å². The number of fused-ring (bicyclic) bond motifs is 1. The minimum Gasteiger partial charge on any atom is -0.507 e.